The predicted octanol–water partition coefficient (Wildman–Crippen LogP) is 0.668. The summed E-state index contributed by atoms with van der Waals surface area (Å²) in [6.45, 7) is 4.44. The van der Waals surface area contributed by atoms with Gasteiger partial charge in [0.05, 0.1) is 6.04 Å². The molecule has 0 saturated heterocycles. The van der Waals surface area contributed by atoms with Crippen LogP contribution in [0.5, 0.6) is 0 Å². The predicted molar refractivity (Wildman–Crippen MR) is 50.7 cm³/mol. The monoisotopic (exact) mass is 172 g/mol. The van der Waals surface area contributed by atoms with Crippen molar-refractivity contribution in [3.63, 3.8) is 0 Å². The van der Waals surface area contributed by atoms with Crippen molar-refractivity contribution in [1.82, 2.24) is 0 Å². The van der Waals surface area contributed by atoms with Crippen LogP contribution in [0.1, 0.15) is 33.1 Å². The Balaban J connectivity index is 3.57. The molecule has 3 heteroatoms. The summed E-state index contributed by atoms with van der Waals surface area (Å²) in [5.74, 6) is 0.213. The van der Waals surface area contributed by atoms with Crippen LogP contribution >= 0.6 is 0 Å². The van der Waals surface area contributed by atoms with E-state index in [1.165, 1.54) is 0 Å². The maximum absolute atomic E-state index is 11.3. The summed E-state index contributed by atoms with van der Waals surface area (Å²) in [7, 11) is 0. The summed E-state index contributed by atoms with van der Waals surface area (Å²) in [6.07, 6.45) is 2.68. The summed E-state index contributed by atoms with van der Waals surface area (Å²) in [5, 5.41) is 0. The number of nitrogens with two attached hydrogens (primary N) is 2. The van der Waals surface area contributed by atoms with Crippen LogP contribution in [0.15, 0.2) is 0 Å². The Labute approximate surface area is 74.5 Å². The van der Waals surface area contributed by atoms with Gasteiger partial charge in [0.25, 0.3) is 0 Å². The summed E-state index contributed by atoms with van der Waals surface area (Å²) in [5.41, 5.74) is 11.0. The molecule has 12 heavy (non-hydrogen) atoms. The lowest BCUT2D eigenvalue weighted by atomic mass is 9.98. The molecule has 3 nitrogen and oxygen atoms in total. The fraction of sp³-hybridized carbons (Fsp3) is 0.889. The number of rotatable bonds is 6. The zero-order valence-corrected chi connectivity index (χ0v) is 8.05. The lowest BCUT2D eigenvalue weighted by molar-refractivity contribution is -0.123. The highest BCUT2D eigenvalue weighted by atomic mass is 16.1. The third-order valence-electron chi connectivity index (χ3n) is 1.90. The fourth-order valence-electron chi connectivity index (χ4n) is 1.08. The molecule has 1 atom stereocenters. The minimum Gasteiger partial charge on any atom is -0.330 e. The second kappa shape index (κ2) is 6.14. The van der Waals surface area contributed by atoms with E-state index in [1.807, 2.05) is 13.8 Å². The molecule has 0 aromatic carbocycles. The zero-order chi connectivity index (χ0) is 9.56. The highest BCUT2D eigenvalue weighted by Gasteiger charge is 2.15. The first-order chi connectivity index (χ1) is 5.59. The van der Waals surface area contributed by atoms with Gasteiger partial charge in [0.1, 0.15) is 0 Å². The van der Waals surface area contributed by atoms with Crippen LogP contribution in [0.4, 0.5) is 0 Å². The molecule has 0 aliphatic heterocycles. The van der Waals surface area contributed by atoms with Gasteiger partial charge in [-0.3, -0.25) is 4.79 Å². The number of carbonyl (C=O) groups is 1. The molecule has 72 valence electrons. The van der Waals surface area contributed by atoms with Crippen molar-refractivity contribution in [2.24, 2.45) is 17.4 Å². The number of Topliss-reactive ketones (excluding diaryl/α,β-unsaturated/α-hetero) is 1. The SMILES string of the molecule is CC(C)C(=O)C(N)CCCCN. The molecule has 0 fully saturated rings. The van der Waals surface area contributed by atoms with Crippen molar-refractivity contribution in [2.45, 2.75) is 39.2 Å². The van der Waals surface area contributed by atoms with Gasteiger partial charge >= 0.3 is 0 Å². The van der Waals surface area contributed by atoms with Crippen LogP contribution in [0.2, 0.25) is 0 Å². The Morgan fingerprint density at radius 2 is 1.92 bits per heavy atom. The van der Waals surface area contributed by atoms with E-state index in [4.69, 9.17) is 11.5 Å². The first-order valence-electron chi connectivity index (χ1n) is 4.59. The Kier molecular flexibility index (Phi) is 5.93. The van der Waals surface area contributed by atoms with Gasteiger partial charge in [-0.15, -0.1) is 0 Å². The first-order valence-corrected chi connectivity index (χ1v) is 4.59. The van der Waals surface area contributed by atoms with Gasteiger partial charge in [0.2, 0.25) is 0 Å². The quantitative estimate of drug-likeness (QED) is 0.578. The molecule has 0 aromatic rings. The van der Waals surface area contributed by atoms with Gasteiger partial charge in [-0.25, -0.2) is 0 Å². The fourth-order valence-corrected chi connectivity index (χ4v) is 1.08. The molecule has 0 amide bonds. The number of hydrogen-bond acceptors (Lipinski definition) is 3. The molecule has 0 heterocycles. The van der Waals surface area contributed by atoms with Crippen molar-refractivity contribution in [3.05, 3.63) is 0 Å². The molecule has 4 N–H and O–H groups in total. The van der Waals surface area contributed by atoms with Gasteiger partial charge in [-0.2, -0.15) is 0 Å². The highest BCUT2D eigenvalue weighted by Crippen LogP contribution is 2.04. The van der Waals surface area contributed by atoms with Crippen molar-refractivity contribution in [3.8, 4) is 0 Å². The van der Waals surface area contributed by atoms with E-state index in [9.17, 15) is 4.79 Å². The standard InChI is InChI=1S/C9H20N2O/c1-7(2)9(12)8(11)5-3-4-6-10/h7-8H,3-6,10-11H2,1-2H3. The third kappa shape index (κ3) is 4.46. The molecule has 0 aliphatic rings. The average Bonchev–Trinajstić information content (AvgIpc) is 2.03. The van der Waals surface area contributed by atoms with Gasteiger partial charge in [0, 0.05) is 5.92 Å². The topological polar surface area (TPSA) is 69.1 Å². The van der Waals surface area contributed by atoms with Crippen molar-refractivity contribution in [1.29, 1.82) is 0 Å². The molecule has 0 spiro atoms. The van der Waals surface area contributed by atoms with E-state index in [0.717, 1.165) is 19.3 Å². The number of ketones is 1. The van der Waals surface area contributed by atoms with Crippen molar-refractivity contribution in [2.75, 3.05) is 6.54 Å². The van der Waals surface area contributed by atoms with Gasteiger partial charge in [-0.05, 0) is 19.4 Å². The molecule has 0 bridgehead atoms. The van der Waals surface area contributed by atoms with E-state index in [-0.39, 0.29) is 17.7 Å². The molecule has 0 saturated carbocycles. The smallest absolute Gasteiger partial charge is 0.152 e. The van der Waals surface area contributed by atoms with E-state index >= 15 is 0 Å². The van der Waals surface area contributed by atoms with Gasteiger partial charge < -0.3 is 11.5 Å². The van der Waals surface area contributed by atoms with E-state index in [0.29, 0.717) is 6.54 Å². The summed E-state index contributed by atoms with van der Waals surface area (Å²) in [4.78, 5) is 11.3. The molecule has 0 rings (SSSR count). The minimum absolute atomic E-state index is 0.0536. The van der Waals surface area contributed by atoms with Crippen LogP contribution in [-0.4, -0.2) is 18.4 Å². The van der Waals surface area contributed by atoms with E-state index in [2.05, 4.69) is 0 Å². The molecule has 0 radical (unpaired) electrons. The maximum atomic E-state index is 11.3. The molecule has 0 aliphatic carbocycles. The van der Waals surface area contributed by atoms with Crippen LogP contribution in [0, 0.1) is 5.92 Å². The highest BCUT2D eigenvalue weighted by molar-refractivity contribution is 5.85. The lowest BCUT2D eigenvalue weighted by Crippen LogP contribution is -2.33. The molecular formula is C9H20N2O. The van der Waals surface area contributed by atoms with Crippen LogP contribution in [-0.2, 0) is 4.79 Å². The van der Waals surface area contributed by atoms with Crippen molar-refractivity contribution >= 4 is 5.78 Å². The second-order valence-electron chi connectivity index (χ2n) is 3.45. The Morgan fingerprint density at radius 1 is 1.33 bits per heavy atom. The van der Waals surface area contributed by atoms with E-state index < -0.39 is 0 Å². The normalized spacial score (nSPS) is 13.4. The van der Waals surface area contributed by atoms with Crippen LogP contribution < -0.4 is 11.5 Å². The Hall–Kier alpha value is -0.410. The van der Waals surface area contributed by atoms with E-state index in [1.54, 1.807) is 0 Å². The molecule has 0 aromatic heterocycles. The summed E-state index contributed by atoms with van der Waals surface area (Å²) >= 11 is 0. The minimum atomic E-state index is -0.281. The lowest BCUT2D eigenvalue weighted by Gasteiger charge is -2.12. The Bertz CT molecular complexity index is 134. The Morgan fingerprint density at radius 3 is 2.33 bits per heavy atom. The number of carbonyl (C=O) groups excluding carboxylic acids is 1. The third-order valence-corrected chi connectivity index (χ3v) is 1.90. The second-order valence-corrected chi connectivity index (χ2v) is 3.45. The first kappa shape index (κ1) is 11.6. The van der Waals surface area contributed by atoms with Crippen LogP contribution in [0.3, 0.4) is 0 Å². The summed E-state index contributed by atoms with van der Waals surface area (Å²) in [6, 6.07) is -0.281. The van der Waals surface area contributed by atoms with Gasteiger partial charge in [-0.1, -0.05) is 20.3 Å². The number of unbranched alkanes of at least 4 members (excludes halogenated alkanes) is 1. The maximum Gasteiger partial charge on any atom is 0.152 e. The molecule has 1 unspecified atom stereocenters. The molecular weight excluding hydrogens is 152 g/mol. The average molecular weight is 172 g/mol. The van der Waals surface area contributed by atoms with Crippen molar-refractivity contribution < 1.29 is 4.79 Å². The zero-order valence-electron chi connectivity index (χ0n) is 8.05. The van der Waals surface area contributed by atoms with Crippen LogP contribution in [0.25, 0.3) is 0 Å². The van der Waals surface area contributed by atoms with Gasteiger partial charge in [0.15, 0.2) is 5.78 Å². The largest absolute Gasteiger partial charge is 0.330 e. The summed E-state index contributed by atoms with van der Waals surface area (Å²) < 4.78 is 0. The number of hydrogen-bond donors (Lipinski definition) is 2.